The molecule has 0 saturated carbocycles. The number of benzene rings is 1. The summed E-state index contributed by atoms with van der Waals surface area (Å²) in [5.41, 5.74) is 5.64. The Morgan fingerprint density at radius 3 is 2.58 bits per heavy atom. The van der Waals surface area contributed by atoms with Crippen LogP contribution >= 0.6 is 0 Å². The first-order valence-corrected chi connectivity index (χ1v) is 7.82. The van der Waals surface area contributed by atoms with Gasteiger partial charge in [0.2, 0.25) is 10.0 Å². The van der Waals surface area contributed by atoms with Crippen LogP contribution in [0.4, 0.5) is 10.1 Å². The van der Waals surface area contributed by atoms with Crippen molar-refractivity contribution in [3.05, 3.63) is 24.0 Å². The van der Waals surface area contributed by atoms with Crippen molar-refractivity contribution in [1.82, 2.24) is 4.72 Å². The number of rotatable bonds is 6. The summed E-state index contributed by atoms with van der Waals surface area (Å²) in [5, 5.41) is 0. The van der Waals surface area contributed by atoms with Crippen molar-refractivity contribution in [2.24, 2.45) is 5.92 Å². The summed E-state index contributed by atoms with van der Waals surface area (Å²) in [6.45, 7) is 5.90. The Kier molecular flexibility index (Phi) is 5.31. The first-order chi connectivity index (χ1) is 8.76. The second-order valence-corrected chi connectivity index (χ2v) is 6.64. The fourth-order valence-corrected chi connectivity index (χ4v) is 3.29. The van der Waals surface area contributed by atoms with Crippen LogP contribution in [0.2, 0.25) is 0 Å². The van der Waals surface area contributed by atoms with Crippen molar-refractivity contribution in [2.45, 2.75) is 44.6 Å². The number of nitrogen functional groups attached to an aromatic ring is 1. The zero-order valence-electron chi connectivity index (χ0n) is 11.5. The first kappa shape index (κ1) is 15.9. The lowest BCUT2D eigenvalue weighted by molar-refractivity contribution is 0.445. The predicted molar refractivity (Wildman–Crippen MR) is 74.7 cm³/mol. The molecule has 0 aliphatic rings. The SMILES string of the molecule is CCC(C)CC(C)NS(=O)(=O)c1cc(F)ccc1N. The van der Waals surface area contributed by atoms with E-state index in [1.54, 1.807) is 6.92 Å². The van der Waals surface area contributed by atoms with Gasteiger partial charge in [0.05, 0.1) is 5.69 Å². The predicted octanol–water partition coefficient (Wildman–Crippen LogP) is 2.51. The van der Waals surface area contributed by atoms with Gasteiger partial charge in [-0.3, -0.25) is 0 Å². The molecule has 2 atom stereocenters. The Morgan fingerprint density at radius 2 is 2.00 bits per heavy atom. The highest BCUT2D eigenvalue weighted by atomic mass is 32.2. The number of hydrogen-bond acceptors (Lipinski definition) is 3. The van der Waals surface area contributed by atoms with E-state index < -0.39 is 15.8 Å². The highest BCUT2D eigenvalue weighted by molar-refractivity contribution is 7.89. The fraction of sp³-hybridized carbons (Fsp3) is 0.538. The molecule has 0 bridgehead atoms. The maximum atomic E-state index is 13.1. The summed E-state index contributed by atoms with van der Waals surface area (Å²) >= 11 is 0. The maximum absolute atomic E-state index is 13.1. The fourth-order valence-electron chi connectivity index (χ4n) is 1.89. The van der Waals surface area contributed by atoms with Crippen LogP contribution in [0, 0.1) is 11.7 Å². The molecule has 0 aromatic heterocycles. The molecule has 0 radical (unpaired) electrons. The molecule has 4 nitrogen and oxygen atoms in total. The topological polar surface area (TPSA) is 72.2 Å². The van der Waals surface area contributed by atoms with E-state index in [0.29, 0.717) is 5.92 Å². The lowest BCUT2D eigenvalue weighted by atomic mass is 10.0. The average molecular weight is 288 g/mol. The van der Waals surface area contributed by atoms with Gasteiger partial charge in [-0.2, -0.15) is 0 Å². The van der Waals surface area contributed by atoms with E-state index in [1.165, 1.54) is 6.07 Å². The van der Waals surface area contributed by atoms with Gasteiger partial charge in [-0.1, -0.05) is 20.3 Å². The number of hydrogen-bond donors (Lipinski definition) is 2. The smallest absolute Gasteiger partial charge is 0.242 e. The molecule has 108 valence electrons. The molecule has 0 aliphatic heterocycles. The average Bonchev–Trinajstić information content (AvgIpc) is 2.31. The first-order valence-electron chi connectivity index (χ1n) is 6.33. The lowest BCUT2D eigenvalue weighted by Crippen LogP contribution is -2.34. The minimum Gasteiger partial charge on any atom is -0.398 e. The summed E-state index contributed by atoms with van der Waals surface area (Å²) in [6, 6.07) is 3.11. The van der Waals surface area contributed by atoms with Crippen molar-refractivity contribution in [2.75, 3.05) is 5.73 Å². The molecule has 2 unspecified atom stereocenters. The van der Waals surface area contributed by atoms with Crippen molar-refractivity contribution in [1.29, 1.82) is 0 Å². The van der Waals surface area contributed by atoms with Crippen molar-refractivity contribution in [3.8, 4) is 0 Å². The van der Waals surface area contributed by atoms with Crippen LogP contribution in [-0.4, -0.2) is 14.5 Å². The molecule has 0 aliphatic carbocycles. The van der Waals surface area contributed by atoms with E-state index >= 15 is 0 Å². The van der Waals surface area contributed by atoms with Crippen LogP contribution in [0.15, 0.2) is 23.1 Å². The Labute approximate surface area is 114 Å². The lowest BCUT2D eigenvalue weighted by Gasteiger charge is -2.18. The van der Waals surface area contributed by atoms with Gasteiger partial charge in [0.1, 0.15) is 10.7 Å². The van der Waals surface area contributed by atoms with E-state index in [2.05, 4.69) is 18.6 Å². The van der Waals surface area contributed by atoms with E-state index in [-0.39, 0.29) is 16.6 Å². The molecule has 0 fully saturated rings. The zero-order valence-corrected chi connectivity index (χ0v) is 12.3. The van der Waals surface area contributed by atoms with Crippen molar-refractivity contribution < 1.29 is 12.8 Å². The van der Waals surface area contributed by atoms with E-state index in [0.717, 1.165) is 25.0 Å². The summed E-state index contributed by atoms with van der Waals surface area (Å²) in [7, 11) is -3.78. The van der Waals surface area contributed by atoms with Crippen molar-refractivity contribution in [3.63, 3.8) is 0 Å². The Hall–Kier alpha value is -1.14. The van der Waals surface area contributed by atoms with Gasteiger partial charge in [-0.05, 0) is 37.5 Å². The molecular weight excluding hydrogens is 267 g/mol. The standard InChI is InChI=1S/C13H21FN2O2S/c1-4-9(2)7-10(3)16-19(17,18)13-8-11(14)5-6-12(13)15/h5-6,8-10,16H,4,7,15H2,1-3H3. The summed E-state index contributed by atoms with van der Waals surface area (Å²) in [5.74, 6) is -0.202. The monoisotopic (exact) mass is 288 g/mol. The third-order valence-corrected chi connectivity index (χ3v) is 4.72. The summed E-state index contributed by atoms with van der Waals surface area (Å²) in [4.78, 5) is -0.205. The van der Waals surface area contributed by atoms with Gasteiger partial charge in [0.25, 0.3) is 0 Å². The van der Waals surface area contributed by atoms with Gasteiger partial charge in [-0.25, -0.2) is 17.5 Å². The molecule has 1 rings (SSSR count). The van der Waals surface area contributed by atoms with Gasteiger partial charge in [-0.15, -0.1) is 0 Å². The van der Waals surface area contributed by atoms with E-state index in [4.69, 9.17) is 5.73 Å². The van der Waals surface area contributed by atoms with Gasteiger partial charge < -0.3 is 5.73 Å². The van der Waals surface area contributed by atoms with Crippen LogP contribution < -0.4 is 10.5 Å². The molecule has 3 N–H and O–H groups in total. The Morgan fingerprint density at radius 1 is 1.37 bits per heavy atom. The van der Waals surface area contributed by atoms with Gasteiger partial charge in [0.15, 0.2) is 0 Å². The quantitative estimate of drug-likeness (QED) is 0.790. The Bertz CT molecular complexity index is 531. The van der Waals surface area contributed by atoms with Crippen LogP contribution in [0.3, 0.4) is 0 Å². The maximum Gasteiger partial charge on any atom is 0.242 e. The highest BCUT2D eigenvalue weighted by Gasteiger charge is 2.21. The molecule has 1 aromatic rings. The van der Waals surface area contributed by atoms with Gasteiger partial charge >= 0.3 is 0 Å². The zero-order chi connectivity index (χ0) is 14.6. The molecule has 0 amide bonds. The number of halogens is 1. The molecule has 0 saturated heterocycles. The number of nitrogens with two attached hydrogens (primary N) is 1. The minimum absolute atomic E-state index is 0.0460. The Balaban J connectivity index is 2.89. The van der Waals surface area contributed by atoms with Crippen LogP contribution in [0.25, 0.3) is 0 Å². The van der Waals surface area contributed by atoms with Gasteiger partial charge in [0, 0.05) is 6.04 Å². The molecular formula is C13H21FN2O2S. The third kappa shape index (κ3) is 4.47. The van der Waals surface area contributed by atoms with Crippen LogP contribution in [-0.2, 0) is 10.0 Å². The summed E-state index contributed by atoms with van der Waals surface area (Å²) in [6.07, 6.45) is 1.71. The largest absolute Gasteiger partial charge is 0.398 e. The molecule has 0 spiro atoms. The summed E-state index contributed by atoms with van der Waals surface area (Å²) < 4.78 is 39.9. The van der Waals surface area contributed by atoms with Crippen LogP contribution in [0.1, 0.15) is 33.6 Å². The number of anilines is 1. The molecule has 6 heteroatoms. The second-order valence-electron chi connectivity index (χ2n) is 4.95. The van der Waals surface area contributed by atoms with Crippen molar-refractivity contribution >= 4 is 15.7 Å². The number of nitrogens with one attached hydrogen (secondary N) is 1. The minimum atomic E-state index is -3.78. The third-order valence-electron chi connectivity index (χ3n) is 3.07. The number of sulfonamides is 1. The van der Waals surface area contributed by atoms with E-state index in [9.17, 15) is 12.8 Å². The van der Waals surface area contributed by atoms with Crippen LogP contribution in [0.5, 0.6) is 0 Å². The molecule has 1 aromatic carbocycles. The van der Waals surface area contributed by atoms with E-state index in [1.807, 2.05) is 0 Å². The molecule has 19 heavy (non-hydrogen) atoms. The molecule has 0 heterocycles. The second kappa shape index (κ2) is 6.34. The normalized spacial score (nSPS) is 15.2. The highest BCUT2D eigenvalue weighted by Crippen LogP contribution is 2.20.